The maximum atomic E-state index is 11.0. The van der Waals surface area contributed by atoms with Crippen LogP contribution < -0.4 is 5.73 Å². The molecule has 0 saturated carbocycles. The van der Waals surface area contributed by atoms with Crippen molar-refractivity contribution in [2.45, 2.75) is 33.4 Å². The van der Waals surface area contributed by atoms with Crippen LogP contribution in [0.25, 0.3) is 0 Å². The molecule has 1 fully saturated rings. The summed E-state index contributed by atoms with van der Waals surface area (Å²) in [6, 6.07) is 0. The fourth-order valence-electron chi connectivity index (χ4n) is 2.49. The summed E-state index contributed by atoms with van der Waals surface area (Å²) in [7, 11) is 0. The Labute approximate surface area is 119 Å². The molecule has 2 heterocycles. The first kappa shape index (κ1) is 14.9. The van der Waals surface area contributed by atoms with Crippen molar-refractivity contribution in [2.75, 3.05) is 32.7 Å². The van der Waals surface area contributed by atoms with Crippen LogP contribution in [-0.2, 0) is 24.3 Å². The van der Waals surface area contributed by atoms with Crippen LogP contribution in [0.3, 0.4) is 0 Å². The van der Waals surface area contributed by atoms with E-state index in [0.717, 1.165) is 51.6 Å². The molecule has 0 aliphatic carbocycles. The molecule has 0 unspecified atom stereocenters. The van der Waals surface area contributed by atoms with E-state index < -0.39 is 0 Å². The first-order chi connectivity index (χ1) is 9.62. The minimum Gasteiger partial charge on any atom is -0.369 e. The second-order valence-corrected chi connectivity index (χ2v) is 5.11. The first-order valence-corrected chi connectivity index (χ1v) is 7.28. The highest BCUT2D eigenvalue weighted by molar-refractivity contribution is 5.75. The van der Waals surface area contributed by atoms with Gasteiger partial charge >= 0.3 is 0 Å². The van der Waals surface area contributed by atoms with Crippen molar-refractivity contribution in [1.82, 2.24) is 24.6 Å². The van der Waals surface area contributed by atoms with E-state index in [1.165, 1.54) is 0 Å². The Morgan fingerprint density at radius 2 is 1.80 bits per heavy atom. The second-order valence-electron chi connectivity index (χ2n) is 5.11. The lowest BCUT2D eigenvalue weighted by Crippen LogP contribution is -2.45. The molecule has 7 nitrogen and oxygen atoms in total. The van der Waals surface area contributed by atoms with Crippen molar-refractivity contribution < 1.29 is 4.79 Å². The highest BCUT2D eigenvalue weighted by atomic mass is 16.1. The SMILES string of the molecule is CCN1CCN(Cc2nc(CC(N)=O)nn2CC)CC1. The second kappa shape index (κ2) is 6.81. The smallest absolute Gasteiger partial charge is 0.225 e. The predicted molar refractivity (Wildman–Crippen MR) is 76.0 cm³/mol. The van der Waals surface area contributed by atoms with Crippen LogP contribution in [0, 0.1) is 0 Å². The Balaban J connectivity index is 1.98. The van der Waals surface area contributed by atoms with Gasteiger partial charge in [0.1, 0.15) is 5.82 Å². The van der Waals surface area contributed by atoms with E-state index in [1.54, 1.807) is 0 Å². The molecular formula is C13H24N6O. The van der Waals surface area contributed by atoms with E-state index >= 15 is 0 Å². The molecule has 0 aromatic carbocycles. The summed E-state index contributed by atoms with van der Waals surface area (Å²) in [4.78, 5) is 20.2. The van der Waals surface area contributed by atoms with Crippen molar-refractivity contribution in [3.8, 4) is 0 Å². The Bertz CT molecular complexity index is 450. The topological polar surface area (TPSA) is 80.3 Å². The summed E-state index contributed by atoms with van der Waals surface area (Å²) >= 11 is 0. The van der Waals surface area contributed by atoms with Crippen LogP contribution in [-0.4, -0.2) is 63.2 Å². The highest BCUT2D eigenvalue weighted by Gasteiger charge is 2.18. The lowest BCUT2D eigenvalue weighted by molar-refractivity contribution is -0.117. The number of carbonyl (C=O) groups is 1. The number of amides is 1. The average Bonchev–Trinajstić information content (AvgIpc) is 2.80. The van der Waals surface area contributed by atoms with Crippen LogP contribution in [0.15, 0.2) is 0 Å². The monoisotopic (exact) mass is 280 g/mol. The lowest BCUT2D eigenvalue weighted by Gasteiger charge is -2.33. The number of nitrogens with two attached hydrogens (primary N) is 1. The van der Waals surface area contributed by atoms with E-state index in [4.69, 9.17) is 5.73 Å². The van der Waals surface area contributed by atoms with Crippen molar-refractivity contribution in [1.29, 1.82) is 0 Å². The van der Waals surface area contributed by atoms with E-state index in [2.05, 4.69) is 26.8 Å². The largest absolute Gasteiger partial charge is 0.369 e. The summed E-state index contributed by atoms with van der Waals surface area (Å²) < 4.78 is 1.87. The summed E-state index contributed by atoms with van der Waals surface area (Å²) in [6.07, 6.45) is 0.115. The van der Waals surface area contributed by atoms with E-state index in [-0.39, 0.29) is 12.3 Å². The zero-order chi connectivity index (χ0) is 14.5. The fourth-order valence-corrected chi connectivity index (χ4v) is 2.49. The van der Waals surface area contributed by atoms with Crippen LogP contribution in [0.5, 0.6) is 0 Å². The molecule has 1 saturated heterocycles. The van der Waals surface area contributed by atoms with E-state index in [9.17, 15) is 4.79 Å². The molecule has 7 heteroatoms. The third-order valence-corrected chi connectivity index (χ3v) is 3.70. The Hall–Kier alpha value is -1.47. The molecule has 0 atom stereocenters. The number of carbonyl (C=O) groups excluding carboxylic acids is 1. The summed E-state index contributed by atoms with van der Waals surface area (Å²) in [5.41, 5.74) is 5.20. The molecule has 1 aromatic heterocycles. The van der Waals surface area contributed by atoms with Gasteiger partial charge in [0.15, 0.2) is 5.82 Å². The number of hydrogen-bond donors (Lipinski definition) is 1. The summed E-state index contributed by atoms with van der Waals surface area (Å²) in [6.45, 7) is 11.2. The normalized spacial score (nSPS) is 17.5. The van der Waals surface area contributed by atoms with E-state index in [0.29, 0.717) is 5.82 Å². The maximum absolute atomic E-state index is 11.0. The van der Waals surface area contributed by atoms with Gasteiger partial charge in [-0.3, -0.25) is 9.69 Å². The molecule has 0 bridgehead atoms. The first-order valence-electron chi connectivity index (χ1n) is 7.28. The van der Waals surface area contributed by atoms with Gasteiger partial charge in [-0.25, -0.2) is 9.67 Å². The van der Waals surface area contributed by atoms with Crippen molar-refractivity contribution in [3.63, 3.8) is 0 Å². The average molecular weight is 280 g/mol. The number of piperazine rings is 1. The molecule has 0 spiro atoms. The van der Waals surface area contributed by atoms with Gasteiger partial charge in [0.2, 0.25) is 5.91 Å². The Morgan fingerprint density at radius 3 is 2.35 bits per heavy atom. The molecule has 0 radical (unpaired) electrons. The Kier molecular flexibility index (Phi) is 5.08. The molecule has 1 aliphatic rings. The maximum Gasteiger partial charge on any atom is 0.225 e. The van der Waals surface area contributed by atoms with E-state index in [1.807, 2.05) is 11.6 Å². The number of aromatic nitrogens is 3. The number of primary amides is 1. The molecule has 112 valence electrons. The van der Waals surface area contributed by atoms with Gasteiger partial charge in [0.05, 0.1) is 13.0 Å². The minimum atomic E-state index is -0.388. The van der Waals surface area contributed by atoms with Crippen molar-refractivity contribution in [3.05, 3.63) is 11.6 Å². The molecule has 1 aliphatic heterocycles. The fraction of sp³-hybridized carbons (Fsp3) is 0.769. The van der Waals surface area contributed by atoms with Crippen LogP contribution in [0.1, 0.15) is 25.5 Å². The predicted octanol–water partition coefficient (Wildman–Crippen LogP) is -0.537. The number of aryl methyl sites for hydroxylation is 1. The molecule has 1 amide bonds. The zero-order valence-corrected chi connectivity index (χ0v) is 12.4. The standard InChI is InChI=1S/C13H24N6O/c1-3-17-5-7-18(8-6-17)10-13-15-12(9-11(14)20)16-19(13)4-2/h3-10H2,1-2H3,(H2,14,20). The van der Waals surface area contributed by atoms with Gasteiger partial charge in [-0.05, 0) is 13.5 Å². The molecule has 2 N–H and O–H groups in total. The Morgan fingerprint density at radius 1 is 1.15 bits per heavy atom. The van der Waals surface area contributed by atoms with Crippen molar-refractivity contribution in [2.24, 2.45) is 5.73 Å². The molecular weight excluding hydrogens is 256 g/mol. The minimum absolute atomic E-state index is 0.115. The summed E-state index contributed by atoms with van der Waals surface area (Å²) in [5.74, 6) is 1.07. The summed E-state index contributed by atoms with van der Waals surface area (Å²) in [5, 5.41) is 4.33. The third-order valence-electron chi connectivity index (χ3n) is 3.70. The highest BCUT2D eigenvalue weighted by Crippen LogP contribution is 2.08. The van der Waals surface area contributed by atoms with Gasteiger partial charge in [-0.1, -0.05) is 6.92 Å². The van der Waals surface area contributed by atoms with Gasteiger partial charge < -0.3 is 10.6 Å². The van der Waals surface area contributed by atoms with Gasteiger partial charge in [-0.2, -0.15) is 5.10 Å². The molecule has 20 heavy (non-hydrogen) atoms. The van der Waals surface area contributed by atoms with Crippen LogP contribution in [0.2, 0.25) is 0 Å². The molecule has 2 rings (SSSR count). The number of hydrogen-bond acceptors (Lipinski definition) is 5. The van der Waals surface area contributed by atoms with Gasteiger partial charge in [-0.15, -0.1) is 0 Å². The number of likely N-dealkylation sites (N-methyl/N-ethyl adjacent to an activating group) is 1. The quantitative estimate of drug-likeness (QED) is 0.757. The number of nitrogens with zero attached hydrogens (tertiary/aromatic N) is 5. The van der Waals surface area contributed by atoms with Gasteiger partial charge in [0.25, 0.3) is 0 Å². The van der Waals surface area contributed by atoms with Crippen LogP contribution >= 0.6 is 0 Å². The van der Waals surface area contributed by atoms with Crippen LogP contribution in [0.4, 0.5) is 0 Å². The van der Waals surface area contributed by atoms with Gasteiger partial charge in [0, 0.05) is 32.7 Å². The lowest BCUT2D eigenvalue weighted by atomic mass is 10.3. The molecule has 1 aromatic rings. The number of rotatable bonds is 6. The van der Waals surface area contributed by atoms with Crippen molar-refractivity contribution >= 4 is 5.91 Å². The third kappa shape index (κ3) is 3.77. The zero-order valence-electron chi connectivity index (χ0n) is 12.4.